The van der Waals surface area contributed by atoms with Crippen LogP contribution in [0.2, 0.25) is 0 Å². The van der Waals surface area contributed by atoms with Crippen molar-refractivity contribution >= 4 is 6.03 Å². The summed E-state index contributed by atoms with van der Waals surface area (Å²) in [6, 6.07) is 0.452. The van der Waals surface area contributed by atoms with Gasteiger partial charge in [0.25, 0.3) is 0 Å². The van der Waals surface area contributed by atoms with Crippen LogP contribution >= 0.6 is 0 Å². The van der Waals surface area contributed by atoms with Crippen LogP contribution in [-0.4, -0.2) is 53.6 Å². The van der Waals surface area contributed by atoms with Crippen LogP contribution in [0.3, 0.4) is 0 Å². The predicted octanol–water partition coefficient (Wildman–Crippen LogP) is 1.52. The van der Waals surface area contributed by atoms with Gasteiger partial charge in [-0.2, -0.15) is 0 Å². The van der Waals surface area contributed by atoms with Crippen molar-refractivity contribution in [2.75, 3.05) is 26.2 Å². The molecule has 4 nitrogen and oxygen atoms in total. The summed E-state index contributed by atoms with van der Waals surface area (Å²) < 4.78 is 0. The number of carbonyl (C=O) groups excluding carboxylic acids is 1. The number of nitrogens with zero attached hydrogens (tertiary/aromatic N) is 2. The van der Waals surface area contributed by atoms with E-state index < -0.39 is 0 Å². The number of nitrogens with one attached hydrogen (secondary N) is 1. The molecule has 0 radical (unpaired) electrons. The van der Waals surface area contributed by atoms with Crippen LogP contribution in [0.25, 0.3) is 0 Å². The molecule has 2 amide bonds. The standard InChI is InChI=1S/C12H25N3O/c1-6-14(7-2)11(16)15-9-12(4,5)13-8-10(15)3/h10,13H,6-9H2,1-5H3. The Balaban J connectivity index is 2.73. The van der Waals surface area contributed by atoms with Gasteiger partial charge in [0.2, 0.25) is 0 Å². The van der Waals surface area contributed by atoms with Gasteiger partial charge >= 0.3 is 6.03 Å². The molecule has 16 heavy (non-hydrogen) atoms. The molecule has 0 bridgehead atoms. The third-order valence-corrected chi connectivity index (χ3v) is 3.25. The lowest BCUT2D eigenvalue weighted by Gasteiger charge is -2.44. The molecule has 1 atom stereocenters. The third kappa shape index (κ3) is 2.88. The first-order valence-electron chi connectivity index (χ1n) is 6.22. The van der Waals surface area contributed by atoms with E-state index in [1.54, 1.807) is 0 Å². The van der Waals surface area contributed by atoms with E-state index in [-0.39, 0.29) is 17.6 Å². The fourth-order valence-electron chi connectivity index (χ4n) is 2.10. The number of rotatable bonds is 2. The number of piperazine rings is 1. The fourth-order valence-corrected chi connectivity index (χ4v) is 2.10. The van der Waals surface area contributed by atoms with Gasteiger partial charge in [-0.15, -0.1) is 0 Å². The Morgan fingerprint density at radius 1 is 1.44 bits per heavy atom. The monoisotopic (exact) mass is 227 g/mol. The molecular weight excluding hydrogens is 202 g/mol. The molecule has 1 fully saturated rings. The minimum atomic E-state index is 0.0231. The number of carbonyl (C=O) groups is 1. The Labute approximate surface area is 99.0 Å². The predicted molar refractivity (Wildman–Crippen MR) is 66.6 cm³/mol. The molecular formula is C12H25N3O. The van der Waals surface area contributed by atoms with E-state index in [1.807, 2.05) is 23.6 Å². The highest BCUT2D eigenvalue weighted by molar-refractivity contribution is 5.75. The maximum atomic E-state index is 12.3. The van der Waals surface area contributed by atoms with Crippen molar-refractivity contribution < 1.29 is 4.79 Å². The van der Waals surface area contributed by atoms with Crippen molar-refractivity contribution in [1.82, 2.24) is 15.1 Å². The summed E-state index contributed by atoms with van der Waals surface area (Å²) in [5.74, 6) is 0. The molecule has 1 aliphatic heterocycles. The van der Waals surface area contributed by atoms with E-state index >= 15 is 0 Å². The van der Waals surface area contributed by atoms with Gasteiger partial charge in [0, 0.05) is 37.8 Å². The number of hydrogen-bond acceptors (Lipinski definition) is 2. The molecule has 1 rings (SSSR count). The zero-order valence-corrected chi connectivity index (χ0v) is 11.2. The molecule has 1 unspecified atom stereocenters. The normalized spacial score (nSPS) is 24.3. The Morgan fingerprint density at radius 2 is 2.00 bits per heavy atom. The summed E-state index contributed by atoms with van der Waals surface area (Å²) >= 11 is 0. The maximum Gasteiger partial charge on any atom is 0.320 e. The van der Waals surface area contributed by atoms with Crippen molar-refractivity contribution in [1.29, 1.82) is 0 Å². The quantitative estimate of drug-likeness (QED) is 0.776. The van der Waals surface area contributed by atoms with Gasteiger partial charge in [-0.05, 0) is 34.6 Å². The van der Waals surface area contributed by atoms with Crippen LogP contribution < -0.4 is 5.32 Å². The molecule has 94 valence electrons. The zero-order chi connectivity index (χ0) is 12.3. The SMILES string of the molecule is CCN(CC)C(=O)N1CC(C)(C)NCC1C. The van der Waals surface area contributed by atoms with Crippen molar-refractivity contribution in [2.24, 2.45) is 0 Å². The maximum absolute atomic E-state index is 12.3. The van der Waals surface area contributed by atoms with Crippen molar-refractivity contribution in [3.05, 3.63) is 0 Å². The van der Waals surface area contributed by atoms with Crippen LogP contribution in [0.1, 0.15) is 34.6 Å². The van der Waals surface area contributed by atoms with Gasteiger partial charge in [0.05, 0.1) is 0 Å². The van der Waals surface area contributed by atoms with Gasteiger partial charge in [-0.1, -0.05) is 0 Å². The summed E-state index contributed by atoms with van der Waals surface area (Å²) in [6.07, 6.45) is 0. The third-order valence-electron chi connectivity index (χ3n) is 3.25. The summed E-state index contributed by atoms with van der Waals surface area (Å²) in [4.78, 5) is 16.2. The molecule has 0 aromatic carbocycles. The number of amides is 2. The Kier molecular flexibility index (Phi) is 4.19. The second-order valence-electron chi connectivity index (χ2n) is 5.20. The van der Waals surface area contributed by atoms with E-state index in [0.717, 1.165) is 26.2 Å². The molecule has 1 heterocycles. The molecule has 0 aromatic rings. The van der Waals surface area contributed by atoms with Gasteiger partial charge < -0.3 is 15.1 Å². The zero-order valence-electron chi connectivity index (χ0n) is 11.2. The van der Waals surface area contributed by atoms with E-state index in [1.165, 1.54) is 0 Å². The van der Waals surface area contributed by atoms with Crippen molar-refractivity contribution in [3.8, 4) is 0 Å². The first kappa shape index (κ1) is 13.3. The lowest BCUT2D eigenvalue weighted by atomic mass is 9.99. The average molecular weight is 227 g/mol. The summed E-state index contributed by atoms with van der Waals surface area (Å²) in [5, 5.41) is 3.46. The van der Waals surface area contributed by atoms with E-state index in [4.69, 9.17) is 0 Å². The average Bonchev–Trinajstić information content (AvgIpc) is 2.23. The van der Waals surface area contributed by atoms with Crippen molar-refractivity contribution in [3.63, 3.8) is 0 Å². The minimum absolute atomic E-state index is 0.0231. The first-order chi connectivity index (χ1) is 7.41. The molecule has 1 N–H and O–H groups in total. The van der Waals surface area contributed by atoms with Crippen molar-refractivity contribution in [2.45, 2.75) is 46.2 Å². The van der Waals surface area contributed by atoms with E-state index in [0.29, 0.717) is 0 Å². The van der Waals surface area contributed by atoms with Gasteiger partial charge in [0.1, 0.15) is 0 Å². The second kappa shape index (κ2) is 5.04. The van der Waals surface area contributed by atoms with Crippen LogP contribution in [-0.2, 0) is 0 Å². The Bertz CT molecular complexity index is 249. The minimum Gasteiger partial charge on any atom is -0.325 e. The molecule has 0 aromatic heterocycles. The number of urea groups is 1. The van der Waals surface area contributed by atoms with E-state index in [2.05, 4.69) is 26.1 Å². The van der Waals surface area contributed by atoms with Crippen LogP contribution in [0.15, 0.2) is 0 Å². The van der Waals surface area contributed by atoms with Crippen LogP contribution in [0, 0.1) is 0 Å². The van der Waals surface area contributed by atoms with Gasteiger partial charge in [-0.3, -0.25) is 0 Å². The smallest absolute Gasteiger partial charge is 0.320 e. The molecule has 0 spiro atoms. The fraction of sp³-hybridized carbons (Fsp3) is 0.917. The Hall–Kier alpha value is -0.770. The topological polar surface area (TPSA) is 35.6 Å². The highest BCUT2D eigenvalue weighted by atomic mass is 16.2. The second-order valence-corrected chi connectivity index (χ2v) is 5.20. The largest absolute Gasteiger partial charge is 0.325 e. The molecule has 1 saturated heterocycles. The lowest BCUT2D eigenvalue weighted by Crippen LogP contribution is -2.64. The van der Waals surface area contributed by atoms with Crippen LogP contribution in [0.5, 0.6) is 0 Å². The molecule has 0 saturated carbocycles. The number of hydrogen-bond donors (Lipinski definition) is 1. The summed E-state index contributed by atoms with van der Waals surface area (Å²) in [5.41, 5.74) is 0.0231. The highest BCUT2D eigenvalue weighted by Gasteiger charge is 2.34. The molecule has 0 aliphatic carbocycles. The van der Waals surface area contributed by atoms with Crippen LogP contribution in [0.4, 0.5) is 4.79 Å². The van der Waals surface area contributed by atoms with E-state index in [9.17, 15) is 4.79 Å². The Morgan fingerprint density at radius 3 is 2.50 bits per heavy atom. The summed E-state index contributed by atoms with van der Waals surface area (Å²) in [7, 11) is 0. The summed E-state index contributed by atoms with van der Waals surface area (Å²) in [6.45, 7) is 13.7. The van der Waals surface area contributed by atoms with Gasteiger partial charge in [0.15, 0.2) is 0 Å². The molecule has 4 heteroatoms. The van der Waals surface area contributed by atoms with Gasteiger partial charge in [-0.25, -0.2) is 4.79 Å². The lowest BCUT2D eigenvalue weighted by molar-refractivity contribution is 0.0961. The molecule has 1 aliphatic rings. The highest BCUT2D eigenvalue weighted by Crippen LogP contribution is 2.16. The first-order valence-corrected chi connectivity index (χ1v) is 6.22.